The third-order valence-electron chi connectivity index (χ3n) is 5.04. The molecular weight excluding hydrogens is 250 g/mol. The zero-order valence-electron chi connectivity index (χ0n) is 11.7. The SMILES string of the molecule is Cc1ccc(-c2nc(C3CC4CCC3C4)no2)cc1N. The molecule has 0 radical (unpaired) electrons. The highest BCUT2D eigenvalue weighted by Crippen LogP contribution is 2.52. The van der Waals surface area contributed by atoms with E-state index in [1.807, 2.05) is 25.1 Å². The number of rotatable bonds is 2. The lowest BCUT2D eigenvalue weighted by Crippen LogP contribution is -2.09. The molecule has 2 aromatic rings. The van der Waals surface area contributed by atoms with E-state index in [0.717, 1.165) is 34.5 Å². The Kier molecular flexibility index (Phi) is 2.59. The van der Waals surface area contributed by atoms with Crippen LogP contribution in [0.1, 0.15) is 43.0 Å². The van der Waals surface area contributed by atoms with Crippen molar-refractivity contribution in [2.24, 2.45) is 11.8 Å². The van der Waals surface area contributed by atoms with Gasteiger partial charge in [-0.05, 0) is 55.7 Å². The molecule has 4 heteroatoms. The Morgan fingerprint density at radius 2 is 2.15 bits per heavy atom. The molecule has 4 rings (SSSR count). The van der Waals surface area contributed by atoms with E-state index in [1.165, 1.54) is 25.7 Å². The molecule has 20 heavy (non-hydrogen) atoms. The highest BCUT2D eigenvalue weighted by Gasteiger charge is 2.42. The maximum absolute atomic E-state index is 5.95. The summed E-state index contributed by atoms with van der Waals surface area (Å²) in [4.78, 5) is 4.62. The molecule has 2 fully saturated rings. The van der Waals surface area contributed by atoms with Gasteiger partial charge in [0.25, 0.3) is 5.89 Å². The summed E-state index contributed by atoms with van der Waals surface area (Å²) in [5, 5.41) is 4.22. The van der Waals surface area contributed by atoms with Gasteiger partial charge in [0.2, 0.25) is 0 Å². The second kappa shape index (κ2) is 4.33. The monoisotopic (exact) mass is 269 g/mol. The number of anilines is 1. The van der Waals surface area contributed by atoms with Crippen molar-refractivity contribution < 1.29 is 4.52 Å². The van der Waals surface area contributed by atoms with Gasteiger partial charge in [-0.1, -0.05) is 17.6 Å². The zero-order chi connectivity index (χ0) is 13.7. The van der Waals surface area contributed by atoms with Gasteiger partial charge in [-0.2, -0.15) is 4.98 Å². The molecule has 3 unspecified atom stereocenters. The van der Waals surface area contributed by atoms with Gasteiger partial charge in [-0.25, -0.2) is 0 Å². The summed E-state index contributed by atoms with van der Waals surface area (Å²) >= 11 is 0. The van der Waals surface area contributed by atoms with Crippen LogP contribution in [0.3, 0.4) is 0 Å². The third kappa shape index (κ3) is 1.82. The summed E-state index contributed by atoms with van der Waals surface area (Å²) in [5.41, 5.74) is 8.70. The molecule has 104 valence electrons. The Morgan fingerprint density at radius 1 is 1.25 bits per heavy atom. The minimum Gasteiger partial charge on any atom is -0.398 e. The summed E-state index contributed by atoms with van der Waals surface area (Å²) in [6, 6.07) is 5.89. The summed E-state index contributed by atoms with van der Waals surface area (Å²) in [6.07, 6.45) is 5.31. The van der Waals surface area contributed by atoms with E-state index in [4.69, 9.17) is 10.3 Å². The van der Waals surface area contributed by atoms with Crippen LogP contribution in [0.2, 0.25) is 0 Å². The molecule has 2 N–H and O–H groups in total. The van der Waals surface area contributed by atoms with Gasteiger partial charge >= 0.3 is 0 Å². The number of aromatic nitrogens is 2. The first kappa shape index (κ1) is 11.9. The predicted molar refractivity (Wildman–Crippen MR) is 77.1 cm³/mol. The van der Waals surface area contributed by atoms with E-state index in [9.17, 15) is 0 Å². The van der Waals surface area contributed by atoms with Crippen LogP contribution in [0.5, 0.6) is 0 Å². The van der Waals surface area contributed by atoms with Gasteiger partial charge < -0.3 is 10.3 Å². The van der Waals surface area contributed by atoms with E-state index in [0.29, 0.717) is 11.8 Å². The summed E-state index contributed by atoms with van der Waals surface area (Å²) in [5.74, 6) is 3.66. The fourth-order valence-electron chi connectivity index (χ4n) is 3.84. The minimum atomic E-state index is 0.508. The molecule has 0 saturated heterocycles. The number of nitrogens with zero attached hydrogens (tertiary/aromatic N) is 2. The number of aryl methyl sites for hydroxylation is 1. The highest BCUT2D eigenvalue weighted by atomic mass is 16.5. The highest BCUT2D eigenvalue weighted by molar-refractivity contribution is 5.62. The van der Waals surface area contributed by atoms with Crippen molar-refractivity contribution in [2.45, 2.75) is 38.5 Å². The van der Waals surface area contributed by atoms with Crippen LogP contribution >= 0.6 is 0 Å². The normalized spacial score (nSPS) is 28.1. The van der Waals surface area contributed by atoms with Gasteiger partial charge in [0.1, 0.15) is 0 Å². The second-order valence-electron chi connectivity index (χ2n) is 6.31. The molecule has 0 aliphatic heterocycles. The van der Waals surface area contributed by atoms with Crippen molar-refractivity contribution >= 4 is 5.69 Å². The van der Waals surface area contributed by atoms with E-state index >= 15 is 0 Å². The lowest BCUT2D eigenvalue weighted by Gasteiger charge is -2.17. The molecule has 0 amide bonds. The molecular formula is C16H19N3O. The van der Waals surface area contributed by atoms with Gasteiger partial charge in [0, 0.05) is 17.2 Å². The maximum Gasteiger partial charge on any atom is 0.258 e. The first-order valence-corrected chi connectivity index (χ1v) is 7.41. The number of fused-ring (bicyclic) bond motifs is 2. The summed E-state index contributed by atoms with van der Waals surface area (Å²) in [7, 11) is 0. The van der Waals surface area contributed by atoms with Crippen molar-refractivity contribution in [3.63, 3.8) is 0 Å². The molecule has 1 aromatic carbocycles. The minimum absolute atomic E-state index is 0.508. The number of hydrogen-bond acceptors (Lipinski definition) is 4. The lowest BCUT2D eigenvalue weighted by atomic mass is 9.88. The molecule has 2 aliphatic carbocycles. The van der Waals surface area contributed by atoms with E-state index < -0.39 is 0 Å². The predicted octanol–water partition coefficient (Wildman–Crippen LogP) is 3.53. The third-order valence-corrected chi connectivity index (χ3v) is 5.04. The number of nitrogen functional groups attached to an aromatic ring is 1. The van der Waals surface area contributed by atoms with Gasteiger partial charge in [-0.15, -0.1) is 0 Å². The van der Waals surface area contributed by atoms with Crippen LogP contribution in [0.15, 0.2) is 22.7 Å². The first-order chi connectivity index (χ1) is 9.70. The average molecular weight is 269 g/mol. The topological polar surface area (TPSA) is 64.9 Å². The zero-order valence-corrected chi connectivity index (χ0v) is 11.7. The molecule has 2 saturated carbocycles. The molecule has 1 aromatic heterocycles. The van der Waals surface area contributed by atoms with Crippen LogP contribution in [0.25, 0.3) is 11.5 Å². The quantitative estimate of drug-likeness (QED) is 0.847. The van der Waals surface area contributed by atoms with Crippen molar-refractivity contribution in [1.29, 1.82) is 0 Å². The Morgan fingerprint density at radius 3 is 2.85 bits per heavy atom. The fraction of sp³-hybridized carbons (Fsp3) is 0.500. The molecule has 4 nitrogen and oxygen atoms in total. The molecule has 1 heterocycles. The first-order valence-electron chi connectivity index (χ1n) is 7.41. The van der Waals surface area contributed by atoms with Crippen LogP contribution < -0.4 is 5.73 Å². The van der Waals surface area contributed by atoms with Crippen LogP contribution in [-0.2, 0) is 0 Å². The van der Waals surface area contributed by atoms with E-state index in [1.54, 1.807) is 0 Å². The Labute approximate surface area is 118 Å². The lowest BCUT2D eigenvalue weighted by molar-refractivity contribution is 0.372. The standard InChI is InChI=1S/C16H19N3O/c1-9-2-4-12(8-14(9)17)16-18-15(19-20-16)13-7-10-3-5-11(13)6-10/h2,4,8,10-11,13H,3,5-7,17H2,1H3. The van der Waals surface area contributed by atoms with Gasteiger partial charge in [0.15, 0.2) is 5.82 Å². The van der Waals surface area contributed by atoms with Crippen molar-refractivity contribution in [3.8, 4) is 11.5 Å². The number of nitrogens with two attached hydrogens (primary N) is 1. The van der Waals surface area contributed by atoms with Crippen LogP contribution in [0, 0.1) is 18.8 Å². The largest absolute Gasteiger partial charge is 0.398 e. The average Bonchev–Trinajstić information content (AvgIpc) is 3.16. The maximum atomic E-state index is 5.95. The summed E-state index contributed by atoms with van der Waals surface area (Å²) in [6.45, 7) is 1.99. The van der Waals surface area contributed by atoms with E-state index in [2.05, 4.69) is 10.1 Å². The number of benzene rings is 1. The van der Waals surface area contributed by atoms with E-state index in [-0.39, 0.29) is 0 Å². The molecule has 2 bridgehead atoms. The second-order valence-corrected chi connectivity index (χ2v) is 6.31. The molecule has 0 spiro atoms. The smallest absolute Gasteiger partial charge is 0.258 e. The molecule has 3 atom stereocenters. The van der Waals surface area contributed by atoms with Crippen molar-refractivity contribution in [1.82, 2.24) is 10.1 Å². The fourth-order valence-corrected chi connectivity index (χ4v) is 3.84. The van der Waals surface area contributed by atoms with Crippen LogP contribution in [0.4, 0.5) is 5.69 Å². The summed E-state index contributed by atoms with van der Waals surface area (Å²) < 4.78 is 5.45. The van der Waals surface area contributed by atoms with Crippen molar-refractivity contribution in [3.05, 3.63) is 29.6 Å². The van der Waals surface area contributed by atoms with Gasteiger partial charge in [0.05, 0.1) is 0 Å². The Hall–Kier alpha value is -1.84. The van der Waals surface area contributed by atoms with Crippen molar-refractivity contribution in [2.75, 3.05) is 5.73 Å². The Balaban J connectivity index is 1.63. The van der Waals surface area contributed by atoms with Gasteiger partial charge in [-0.3, -0.25) is 0 Å². The van der Waals surface area contributed by atoms with Crippen LogP contribution in [-0.4, -0.2) is 10.1 Å². The Bertz CT molecular complexity index is 649. The molecule has 2 aliphatic rings. The number of hydrogen-bond donors (Lipinski definition) is 1.